The molecule has 2 nitrogen and oxygen atoms in total. The fraction of sp³-hybridized carbons (Fsp3) is 0.647. The SMILES string of the molecule is CCCCCCCc1ccc(OCCCCN)cc1. The summed E-state index contributed by atoms with van der Waals surface area (Å²) in [7, 11) is 0. The van der Waals surface area contributed by atoms with E-state index in [1.807, 2.05) is 0 Å². The number of nitrogens with two attached hydrogens (primary N) is 1. The number of benzene rings is 1. The van der Waals surface area contributed by atoms with Gasteiger partial charge in [-0.05, 0) is 49.9 Å². The standard InChI is InChI=1S/C17H29NO/c1-2-3-4-5-6-9-16-10-12-17(13-11-16)19-15-8-7-14-18/h10-13H,2-9,14-15,18H2,1H3. The van der Waals surface area contributed by atoms with Gasteiger partial charge in [0.25, 0.3) is 0 Å². The van der Waals surface area contributed by atoms with Crippen LogP contribution in [0.15, 0.2) is 24.3 Å². The van der Waals surface area contributed by atoms with E-state index in [1.165, 1.54) is 44.1 Å². The maximum Gasteiger partial charge on any atom is 0.119 e. The summed E-state index contributed by atoms with van der Waals surface area (Å²) in [6, 6.07) is 8.56. The molecule has 0 bridgehead atoms. The smallest absolute Gasteiger partial charge is 0.119 e. The van der Waals surface area contributed by atoms with Gasteiger partial charge in [0.1, 0.15) is 5.75 Å². The summed E-state index contributed by atoms with van der Waals surface area (Å²) < 4.78 is 5.67. The Morgan fingerprint density at radius 2 is 1.63 bits per heavy atom. The molecule has 1 aromatic rings. The number of hydrogen-bond acceptors (Lipinski definition) is 2. The average Bonchev–Trinajstić information content (AvgIpc) is 2.45. The lowest BCUT2D eigenvalue weighted by Crippen LogP contribution is -2.03. The average molecular weight is 263 g/mol. The topological polar surface area (TPSA) is 35.2 Å². The zero-order valence-electron chi connectivity index (χ0n) is 12.4. The van der Waals surface area contributed by atoms with E-state index < -0.39 is 0 Å². The Kier molecular flexibility index (Phi) is 9.17. The molecule has 1 rings (SSSR count). The molecule has 0 aromatic heterocycles. The quantitative estimate of drug-likeness (QED) is 0.604. The van der Waals surface area contributed by atoms with Crippen LogP contribution >= 0.6 is 0 Å². The van der Waals surface area contributed by atoms with Gasteiger partial charge in [-0.2, -0.15) is 0 Å². The van der Waals surface area contributed by atoms with Crippen molar-refractivity contribution in [3.63, 3.8) is 0 Å². The molecule has 2 heteroatoms. The number of rotatable bonds is 11. The molecule has 1 aromatic carbocycles. The molecule has 0 spiro atoms. The molecule has 0 fully saturated rings. The molecule has 0 aliphatic rings. The summed E-state index contributed by atoms with van der Waals surface area (Å²) in [6.07, 6.45) is 9.98. The van der Waals surface area contributed by atoms with Crippen molar-refractivity contribution in [1.82, 2.24) is 0 Å². The predicted octanol–water partition coefficient (Wildman–Crippen LogP) is 4.32. The summed E-state index contributed by atoms with van der Waals surface area (Å²) >= 11 is 0. The van der Waals surface area contributed by atoms with E-state index in [0.29, 0.717) is 0 Å². The van der Waals surface area contributed by atoms with Crippen molar-refractivity contribution in [2.75, 3.05) is 13.2 Å². The summed E-state index contributed by atoms with van der Waals surface area (Å²) in [5.74, 6) is 0.978. The van der Waals surface area contributed by atoms with Crippen molar-refractivity contribution in [3.05, 3.63) is 29.8 Å². The first-order valence-corrected chi connectivity index (χ1v) is 7.78. The van der Waals surface area contributed by atoms with Crippen molar-refractivity contribution in [2.24, 2.45) is 5.73 Å². The molecule has 0 saturated carbocycles. The summed E-state index contributed by atoms with van der Waals surface area (Å²) in [6.45, 7) is 3.78. The Hall–Kier alpha value is -1.02. The van der Waals surface area contributed by atoms with E-state index in [4.69, 9.17) is 10.5 Å². The van der Waals surface area contributed by atoms with Crippen molar-refractivity contribution in [1.29, 1.82) is 0 Å². The molecule has 108 valence electrons. The minimum absolute atomic E-state index is 0.750. The zero-order chi connectivity index (χ0) is 13.8. The number of hydrogen-bond donors (Lipinski definition) is 1. The largest absolute Gasteiger partial charge is 0.494 e. The monoisotopic (exact) mass is 263 g/mol. The van der Waals surface area contributed by atoms with E-state index in [-0.39, 0.29) is 0 Å². The third-order valence-electron chi connectivity index (χ3n) is 3.36. The zero-order valence-corrected chi connectivity index (χ0v) is 12.4. The fourth-order valence-electron chi connectivity index (χ4n) is 2.12. The predicted molar refractivity (Wildman–Crippen MR) is 82.7 cm³/mol. The molecule has 0 heterocycles. The summed E-state index contributed by atoms with van der Waals surface area (Å²) in [5.41, 5.74) is 6.87. The summed E-state index contributed by atoms with van der Waals surface area (Å²) in [5, 5.41) is 0. The molecule has 0 aliphatic carbocycles. The van der Waals surface area contributed by atoms with Crippen molar-refractivity contribution >= 4 is 0 Å². The van der Waals surface area contributed by atoms with Crippen LogP contribution in [0.5, 0.6) is 5.75 Å². The molecule has 19 heavy (non-hydrogen) atoms. The van der Waals surface area contributed by atoms with Crippen LogP contribution in [0, 0.1) is 0 Å². The Morgan fingerprint density at radius 3 is 2.32 bits per heavy atom. The number of ether oxygens (including phenoxy) is 1. The molecule has 0 atom stereocenters. The Bertz CT molecular complexity index is 308. The van der Waals surface area contributed by atoms with E-state index >= 15 is 0 Å². The van der Waals surface area contributed by atoms with Crippen LogP contribution in [0.25, 0.3) is 0 Å². The normalized spacial score (nSPS) is 10.6. The summed E-state index contributed by atoms with van der Waals surface area (Å²) in [4.78, 5) is 0. The second-order valence-electron chi connectivity index (χ2n) is 5.15. The van der Waals surface area contributed by atoms with Crippen LogP contribution in [0.3, 0.4) is 0 Å². The first-order chi connectivity index (χ1) is 9.36. The van der Waals surface area contributed by atoms with Gasteiger partial charge in [-0.1, -0.05) is 44.7 Å². The third kappa shape index (κ3) is 7.89. The van der Waals surface area contributed by atoms with Gasteiger partial charge in [0, 0.05) is 0 Å². The second kappa shape index (κ2) is 10.9. The van der Waals surface area contributed by atoms with Gasteiger partial charge in [-0.25, -0.2) is 0 Å². The van der Waals surface area contributed by atoms with Crippen molar-refractivity contribution in [3.8, 4) is 5.75 Å². The highest BCUT2D eigenvalue weighted by Crippen LogP contribution is 2.15. The first kappa shape index (κ1) is 16.0. The Labute approximate surface area is 118 Å². The molecular formula is C17H29NO. The van der Waals surface area contributed by atoms with Gasteiger partial charge in [-0.3, -0.25) is 0 Å². The lowest BCUT2D eigenvalue weighted by Gasteiger charge is -2.07. The molecule has 2 N–H and O–H groups in total. The van der Waals surface area contributed by atoms with Gasteiger partial charge in [0.2, 0.25) is 0 Å². The lowest BCUT2D eigenvalue weighted by atomic mass is 10.1. The van der Waals surface area contributed by atoms with Crippen LogP contribution in [0.2, 0.25) is 0 Å². The maximum absolute atomic E-state index is 5.67. The molecule has 0 unspecified atom stereocenters. The highest BCUT2D eigenvalue weighted by Gasteiger charge is 1.96. The lowest BCUT2D eigenvalue weighted by molar-refractivity contribution is 0.308. The van der Waals surface area contributed by atoms with Gasteiger partial charge in [0.05, 0.1) is 6.61 Å². The van der Waals surface area contributed by atoms with Crippen LogP contribution in [-0.2, 0) is 6.42 Å². The van der Waals surface area contributed by atoms with Crippen molar-refractivity contribution in [2.45, 2.75) is 58.3 Å². The third-order valence-corrected chi connectivity index (χ3v) is 3.36. The highest BCUT2D eigenvalue weighted by molar-refractivity contribution is 5.27. The number of unbranched alkanes of at least 4 members (excludes halogenated alkanes) is 5. The van der Waals surface area contributed by atoms with Crippen LogP contribution in [0.4, 0.5) is 0 Å². The maximum atomic E-state index is 5.67. The van der Waals surface area contributed by atoms with E-state index in [2.05, 4.69) is 31.2 Å². The van der Waals surface area contributed by atoms with Crippen LogP contribution < -0.4 is 10.5 Å². The molecule has 0 radical (unpaired) electrons. The molecular weight excluding hydrogens is 234 g/mol. The molecule has 0 saturated heterocycles. The van der Waals surface area contributed by atoms with E-state index in [0.717, 1.165) is 31.7 Å². The molecule has 0 aliphatic heterocycles. The van der Waals surface area contributed by atoms with Gasteiger partial charge < -0.3 is 10.5 Å². The van der Waals surface area contributed by atoms with Gasteiger partial charge in [-0.15, -0.1) is 0 Å². The fourth-order valence-corrected chi connectivity index (χ4v) is 2.12. The van der Waals surface area contributed by atoms with E-state index in [1.54, 1.807) is 0 Å². The second-order valence-corrected chi connectivity index (χ2v) is 5.15. The Balaban J connectivity index is 2.16. The van der Waals surface area contributed by atoms with Crippen LogP contribution in [0.1, 0.15) is 57.4 Å². The minimum atomic E-state index is 0.750. The van der Waals surface area contributed by atoms with Gasteiger partial charge >= 0.3 is 0 Å². The minimum Gasteiger partial charge on any atom is -0.494 e. The Morgan fingerprint density at radius 1 is 0.895 bits per heavy atom. The van der Waals surface area contributed by atoms with Crippen LogP contribution in [-0.4, -0.2) is 13.2 Å². The first-order valence-electron chi connectivity index (χ1n) is 7.78. The van der Waals surface area contributed by atoms with E-state index in [9.17, 15) is 0 Å². The molecule has 0 amide bonds. The van der Waals surface area contributed by atoms with Crippen molar-refractivity contribution < 1.29 is 4.74 Å². The van der Waals surface area contributed by atoms with Gasteiger partial charge in [0.15, 0.2) is 0 Å². The number of aryl methyl sites for hydroxylation is 1. The highest BCUT2D eigenvalue weighted by atomic mass is 16.5.